The predicted octanol–water partition coefficient (Wildman–Crippen LogP) is 2.65. The van der Waals surface area contributed by atoms with Crippen LogP contribution in [0.25, 0.3) is 11.6 Å². The molecule has 0 aliphatic carbocycles. The average molecular weight is 327 g/mol. The number of H-pyrrole nitrogens is 1. The number of hydrogen-bond donors (Lipinski definition) is 2. The maximum absolute atomic E-state index is 13.6. The predicted molar refractivity (Wildman–Crippen MR) is 91.3 cm³/mol. The second-order valence-electron chi connectivity index (χ2n) is 5.83. The summed E-state index contributed by atoms with van der Waals surface area (Å²) in [5.41, 5.74) is 4.31. The molecule has 0 bridgehead atoms. The Balaban J connectivity index is 2.16. The number of rotatable bonds is 2. The van der Waals surface area contributed by atoms with Crippen LogP contribution in [0.1, 0.15) is 32.9 Å². The normalized spacial score (nSPS) is 15.1. The van der Waals surface area contributed by atoms with Crippen LogP contribution in [0, 0.1) is 19.7 Å². The Labute approximate surface area is 139 Å². The fraction of sp³-hybridized carbons (Fsp3) is 0.222. The summed E-state index contributed by atoms with van der Waals surface area (Å²) in [6.07, 6.45) is 1.68. The first-order chi connectivity index (χ1) is 11.3. The van der Waals surface area contributed by atoms with Crippen LogP contribution in [0.3, 0.4) is 0 Å². The number of nitrogens with one attached hydrogen (secondary N) is 2. The summed E-state index contributed by atoms with van der Waals surface area (Å²) >= 11 is 0. The number of fused-ring (bicyclic) bond motifs is 1. The molecule has 0 spiro atoms. The lowest BCUT2D eigenvalue weighted by Crippen LogP contribution is -2.20. The van der Waals surface area contributed by atoms with Crippen molar-refractivity contribution in [2.24, 2.45) is 0 Å². The number of hydrogen-bond acceptors (Lipinski definition) is 2. The van der Waals surface area contributed by atoms with Crippen molar-refractivity contribution in [3.63, 3.8) is 0 Å². The van der Waals surface area contributed by atoms with E-state index in [1.165, 1.54) is 17.0 Å². The lowest BCUT2D eigenvalue weighted by Gasteiger charge is -2.08. The molecule has 24 heavy (non-hydrogen) atoms. The molecular weight excluding hydrogens is 309 g/mol. The lowest BCUT2D eigenvalue weighted by molar-refractivity contribution is -0.112. The summed E-state index contributed by atoms with van der Waals surface area (Å²) in [6.45, 7) is 3.62. The second kappa shape index (κ2) is 5.63. The topological polar surface area (TPSA) is 65.2 Å². The maximum atomic E-state index is 13.6. The van der Waals surface area contributed by atoms with Crippen molar-refractivity contribution in [3.05, 3.63) is 52.1 Å². The van der Waals surface area contributed by atoms with E-state index >= 15 is 0 Å². The van der Waals surface area contributed by atoms with Gasteiger partial charge in [-0.2, -0.15) is 0 Å². The van der Waals surface area contributed by atoms with Crippen LogP contribution in [-0.2, 0) is 4.79 Å². The summed E-state index contributed by atoms with van der Waals surface area (Å²) < 4.78 is 13.6. The number of nitrogens with zero attached hydrogens (tertiary/aromatic N) is 1. The number of amides is 2. The Morgan fingerprint density at radius 3 is 2.71 bits per heavy atom. The summed E-state index contributed by atoms with van der Waals surface area (Å²) in [5.74, 6) is -0.788. The minimum absolute atomic E-state index is 0.188. The first-order valence-electron chi connectivity index (χ1n) is 7.56. The van der Waals surface area contributed by atoms with E-state index < -0.39 is 5.82 Å². The van der Waals surface area contributed by atoms with Crippen LogP contribution in [-0.4, -0.2) is 30.9 Å². The van der Waals surface area contributed by atoms with Crippen molar-refractivity contribution in [2.45, 2.75) is 13.8 Å². The molecule has 1 aliphatic heterocycles. The SMILES string of the molecule is CNC(=O)c1c(C)[nH]c(/C=C2\C(=O)N(C)c3ccc(F)cc32)c1C. The van der Waals surface area contributed by atoms with Gasteiger partial charge in [0.2, 0.25) is 0 Å². The van der Waals surface area contributed by atoms with E-state index in [4.69, 9.17) is 0 Å². The van der Waals surface area contributed by atoms with E-state index in [-0.39, 0.29) is 11.8 Å². The van der Waals surface area contributed by atoms with Crippen molar-refractivity contribution < 1.29 is 14.0 Å². The van der Waals surface area contributed by atoms with E-state index in [0.717, 1.165) is 11.3 Å². The zero-order valence-corrected chi connectivity index (χ0v) is 14.0. The molecule has 2 heterocycles. The van der Waals surface area contributed by atoms with E-state index in [0.29, 0.717) is 28.1 Å². The molecule has 2 amide bonds. The summed E-state index contributed by atoms with van der Waals surface area (Å²) in [5, 5.41) is 2.60. The molecule has 2 N–H and O–H groups in total. The third-order valence-corrected chi connectivity index (χ3v) is 4.36. The fourth-order valence-electron chi connectivity index (χ4n) is 3.09. The molecule has 124 valence electrons. The third kappa shape index (κ3) is 2.31. The van der Waals surface area contributed by atoms with Crippen molar-refractivity contribution in [1.29, 1.82) is 0 Å². The van der Waals surface area contributed by atoms with E-state index in [1.807, 2.05) is 6.92 Å². The van der Waals surface area contributed by atoms with Crippen LogP contribution in [0.5, 0.6) is 0 Å². The Morgan fingerprint density at radius 2 is 2.04 bits per heavy atom. The van der Waals surface area contributed by atoms with Gasteiger partial charge in [-0.15, -0.1) is 0 Å². The van der Waals surface area contributed by atoms with E-state index in [1.54, 1.807) is 33.2 Å². The second-order valence-corrected chi connectivity index (χ2v) is 5.83. The number of anilines is 1. The first kappa shape index (κ1) is 16.0. The number of carbonyl (C=O) groups excluding carboxylic acids is 2. The van der Waals surface area contributed by atoms with Crippen molar-refractivity contribution in [3.8, 4) is 0 Å². The molecule has 6 heteroatoms. The number of carbonyl (C=O) groups is 2. The number of halogens is 1. The van der Waals surface area contributed by atoms with Crippen molar-refractivity contribution in [1.82, 2.24) is 10.3 Å². The minimum atomic E-state index is -0.395. The van der Waals surface area contributed by atoms with Crippen molar-refractivity contribution >= 4 is 29.2 Å². The molecule has 1 aromatic carbocycles. The molecule has 2 aromatic rings. The molecular formula is C18H18FN3O2. The van der Waals surface area contributed by atoms with Gasteiger partial charge in [0.1, 0.15) is 5.82 Å². The number of aromatic amines is 1. The maximum Gasteiger partial charge on any atom is 0.258 e. The third-order valence-electron chi connectivity index (χ3n) is 4.36. The molecule has 1 aliphatic rings. The van der Waals surface area contributed by atoms with Crippen LogP contribution < -0.4 is 10.2 Å². The zero-order chi connectivity index (χ0) is 17.6. The molecule has 0 saturated heterocycles. The highest BCUT2D eigenvalue weighted by Gasteiger charge is 2.30. The smallest absolute Gasteiger partial charge is 0.258 e. The molecule has 0 radical (unpaired) electrons. The number of aromatic nitrogens is 1. The van der Waals surface area contributed by atoms with Gasteiger partial charge in [0.05, 0.1) is 16.8 Å². The summed E-state index contributed by atoms with van der Waals surface area (Å²) in [6, 6.07) is 4.28. The van der Waals surface area contributed by atoms with Crippen LogP contribution >= 0.6 is 0 Å². The highest BCUT2D eigenvalue weighted by Crippen LogP contribution is 2.37. The Hall–Kier alpha value is -2.89. The van der Waals surface area contributed by atoms with Crippen LogP contribution in [0.4, 0.5) is 10.1 Å². The quantitative estimate of drug-likeness (QED) is 0.833. The monoisotopic (exact) mass is 327 g/mol. The molecule has 3 rings (SSSR count). The fourth-order valence-corrected chi connectivity index (χ4v) is 3.09. The Morgan fingerprint density at radius 1 is 1.33 bits per heavy atom. The standard InChI is InChI=1S/C18H18FN3O2/c1-9-14(21-10(2)16(9)17(23)20-3)8-13-12-7-11(19)5-6-15(12)22(4)18(13)24/h5-8,21H,1-4H3,(H,20,23)/b13-8-. The highest BCUT2D eigenvalue weighted by molar-refractivity contribution is 6.35. The zero-order valence-electron chi connectivity index (χ0n) is 14.0. The van der Waals surface area contributed by atoms with Crippen LogP contribution in [0.15, 0.2) is 18.2 Å². The largest absolute Gasteiger partial charge is 0.358 e. The first-order valence-corrected chi connectivity index (χ1v) is 7.56. The number of likely N-dealkylation sites (N-methyl/N-ethyl adjacent to an activating group) is 1. The highest BCUT2D eigenvalue weighted by atomic mass is 19.1. The molecule has 0 unspecified atom stereocenters. The Bertz CT molecular complexity index is 896. The molecule has 5 nitrogen and oxygen atoms in total. The van der Waals surface area contributed by atoms with Gasteiger partial charge in [-0.1, -0.05) is 0 Å². The van der Waals surface area contributed by atoms with E-state index in [9.17, 15) is 14.0 Å². The average Bonchev–Trinajstić information content (AvgIpc) is 2.95. The number of aryl methyl sites for hydroxylation is 1. The van der Waals surface area contributed by atoms with Gasteiger partial charge in [0, 0.05) is 31.0 Å². The van der Waals surface area contributed by atoms with Gasteiger partial charge in [-0.25, -0.2) is 4.39 Å². The minimum Gasteiger partial charge on any atom is -0.358 e. The van der Waals surface area contributed by atoms with Gasteiger partial charge < -0.3 is 15.2 Å². The molecule has 1 aromatic heterocycles. The van der Waals surface area contributed by atoms with E-state index in [2.05, 4.69) is 10.3 Å². The number of benzene rings is 1. The summed E-state index contributed by atoms with van der Waals surface area (Å²) in [7, 11) is 3.23. The van der Waals surface area contributed by atoms with Gasteiger partial charge >= 0.3 is 0 Å². The molecule has 0 saturated carbocycles. The Kier molecular flexibility index (Phi) is 3.75. The van der Waals surface area contributed by atoms with Crippen LogP contribution in [0.2, 0.25) is 0 Å². The van der Waals surface area contributed by atoms with Gasteiger partial charge in [-0.05, 0) is 43.7 Å². The van der Waals surface area contributed by atoms with Gasteiger partial charge in [-0.3, -0.25) is 9.59 Å². The van der Waals surface area contributed by atoms with Crippen molar-refractivity contribution in [2.75, 3.05) is 19.0 Å². The van der Waals surface area contributed by atoms with Gasteiger partial charge in [0.15, 0.2) is 0 Å². The molecule has 0 atom stereocenters. The lowest BCUT2D eigenvalue weighted by atomic mass is 10.0. The van der Waals surface area contributed by atoms with Gasteiger partial charge in [0.25, 0.3) is 11.8 Å². The summed E-state index contributed by atoms with van der Waals surface area (Å²) in [4.78, 5) is 29.1. The molecule has 0 fully saturated rings.